The summed E-state index contributed by atoms with van der Waals surface area (Å²) >= 11 is 0. The number of carbonyl (C=O) groups is 1. The van der Waals surface area contributed by atoms with Crippen LogP contribution in [0.3, 0.4) is 0 Å². The molecular formula is C13H24N2O2. The second-order valence-corrected chi connectivity index (χ2v) is 5.61. The summed E-state index contributed by atoms with van der Waals surface area (Å²) in [5.74, 6) is 0.801. The summed E-state index contributed by atoms with van der Waals surface area (Å²) < 4.78 is 5.04. The number of hydrogen-bond donors (Lipinski definition) is 1. The van der Waals surface area contributed by atoms with Crippen LogP contribution in [0.4, 0.5) is 0 Å². The highest BCUT2D eigenvalue weighted by Crippen LogP contribution is 2.43. The summed E-state index contributed by atoms with van der Waals surface area (Å²) in [6.45, 7) is 6.00. The molecule has 0 radical (unpaired) electrons. The first-order valence-electron chi connectivity index (χ1n) is 6.68. The number of methoxy groups -OCH3 is 1. The zero-order chi connectivity index (χ0) is 12.5. The van der Waals surface area contributed by atoms with Crippen LogP contribution in [-0.4, -0.2) is 42.8 Å². The predicted octanol–water partition coefficient (Wildman–Crippen LogP) is 1.36. The molecule has 2 aliphatic rings. The van der Waals surface area contributed by atoms with Crippen molar-refractivity contribution >= 4 is 5.91 Å². The van der Waals surface area contributed by atoms with Crippen molar-refractivity contribution in [3.63, 3.8) is 0 Å². The van der Waals surface area contributed by atoms with E-state index in [9.17, 15) is 4.79 Å². The maximum atomic E-state index is 12.3. The van der Waals surface area contributed by atoms with Crippen molar-refractivity contribution < 1.29 is 9.53 Å². The lowest BCUT2D eigenvalue weighted by atomic mass is 10.1. The third-order valence-electron chi connectivity index (χ3n) is 3.81. The molecule has 1 N–H and O–H groups in total. The predicted molar refractivity (Wildman–Crippen MR) is 66.5 cm³/mol. The first kappa shape index (κ1) is 12.8. The lowest BCUT2D eigenvalue weighted by molar-refractivity contribution is -0.131. The van der Waals surface area contributed by atoms with E-state index in [0.717, 1.165) is 38.8 Å². The molecule has 1 saturated carbocycles. The SMILES string of the molecule is COCCCCN1C(=O)C2(CC2)NC1C(C)C. The van der Waals surface area contributed by atoms with E-state index in [4.69, 9.17) is 4.74 Å². The summed E-state index contributed by atoms with van der Waals surface area (Å²) in [5, 5.41) is 3.53. The molecule has 2 fully saturated rings. The third kappa shape index (κ3) is 2.47. The van der Waals surface area contributed by atoms with Gasteiger partial charge in [0.05, 0.1) is 11.7 Å². The van der Waals surface area contributed by atoms with Crippen molar-refractivity contribution in [1.29, 1.82) is 0 Å². The second kappa shape index (κ2) is 4.94. The van der Waals surface area contributed by atoms with Crippen molar-refractivity contribution in [2.75, 3.05) is 20.3 Å². The van der Waals surface area contributed by atoms with Gasteiger partial charge in [0.15, 0.2) is 0 Å². The molecule has 17 heavy (non-hydrogen) atoms. The highest BCUT2D eigenvalue weighted by atomic mass is 16.5. The fourth-order valence-electron chi connectivity index (χ4n) is 2.60. The molecule has 1 unspecified atom stereocenters. The van der Waals surface area contributed by atoms with Crippen LogP contribution in [0.15, 0.2) is 0 Å². The number of carbonyl (C=O) groups excluding carboxylic acids is 1. The number of amides is 1. The van der Waals surface area contributed by atoms with Crippen molar-refractivity contribution in [1.82, 2.24) is 10.2 Å². The minimum absolute atomic E-state index is 0.170. The Morgan fingerprint density at radius 1 is 1.47 bits per heavy atom. The molecule has 0 aromatic rings. The maximum Gasteiger partial charge on any atom is 0.244 e. The highest BCUT2D eigenvalue weighted by Gasteiger charge is 2.59. The average molecular weight is 240 g/mol. The molecule has 1 atom stereocenters. The number of nitrogens with zero attached hydrogens (tertiary/aromatic N) is 1. The van der Waals surface area contributed by atoms with Crippen molar-refractivity contribution in [3.05, 3.63) is 0 Å². The minimum atomic E-state index is -0.170. The molecule has 4 heteroatoms. The molecule has 1 spiro atoms. The number of unbranched alkanes of at least 4 members (excludes halogenated alkanes) is 1. The molecule has 1 aliphatic heterocycles. The first-order chi connectivity index (χ1) is 8.10. The fraction of sp³-hybridized carbons (Fsp3) is 0.923. The van der Waals surface area contributed by atoms with Crippen molar-refractivity contribution in [3.8, 4) is 0 Å². The normalized spacial score (nSPS) is 26.2. The Balaban J connectivity index is 1.90. The van der Waals surface area contributed by atoms with Crippen LogP contribution >= 0.6 is 0 Å². The van der Waals surface area contributed by atoms with Gasteiger partial charge in [-0.1, -0.05) is 13.8 Å². The molecule has 0 bridgehead atoms. The summed E-state index contributed by atoms with van der Waals surface area (Å²) in [5.41, 5.74) is -0.170. The molecule has 0 aromatic carbocycles. The molecule has 2 rings (SSSR count). The quantitative estimate of drug-likeness (QED) is 0.713. The van der Waals surface area contributed by atoms with E-state index >= 15 is 0 Å². The van der Waals surface area contributed by atoms with Gasteiger partial charge in [0.25, 0.3) is 0 Å². The molecule has 1 heterocycles. The van der Waals surface area contributed by atoms with Crippen LogP contribution in [0, 0.1) is 5.92 Å². The van der Waals surface area contributed by atoms with Gasteiger partial charge < -0.3 is 9.64 Å². The topological polar surface area (TPSA) is 41.6 Å². The minimum Gasteiger partial charge on any atom is -0.385 e. The number of nitrogens with one attached hydrogen (secondary N) is 1. The number of hydrogen-bond acceptors (Lipinski definition) is 3. The molecular weight excluding hydrogens is 216 g/mol. The first-order valence-corrected chi connectivity index (χ1v) is 6.68. The van der Waals surface area contributed by atoms with Gasteiger partial charge in [-0.15, -0.1) is 0 Å². The summed E-state index contributed by atoms with van der Waals surface area (Å²) in [6.07, 6.45) is 4.32. The number of ether oxygens (including phenoxy) is 1. The van der Waals surface area contributed by atoms with Crippen LogP contribution in [-0.2, 0) is 9.53 Å². The van der Waals surface area contributed by atoms with Gasteiger partial charge in [-0.2, -0.15) is 0 Å². The zero-order valence-corrected chi connectivity index (χ0v) is 11.2. The van der Waals surface area contributed by atoms with Gasteiger partial charge in [0.1, 0.15) is 0 Å². The van der Waals surface area contributed by atoms with Crippen LogP contribution in [0.5, 0.6) is 0 Å². The summed E-state index contributed by atoms with van der Waals surface area (Å²) in [6, 6.07) is 0. The van der Waals surface area contributed by atoms with Crippen LogP contribution < -0.4 is 5.32 Å². The fourth-order valence-corrected chi connectivity index (χ4v) is 2.60. The monoisotopic (exact) mass is 240 g/mol. The Hall–Kier alpha value is -0.610. The average Bonchev–Trinajstić information content (AvgIpc) is 3.01. The molecule has 98 valence electrons. The van der Waals surface area contributed by atoms with E-state index in [-0.39, 0.29) is 11.7 Å². The molecule has 0 aromatic heterocycles. The molecule has 1 saturated heterocycles. The largest absolute Gasteiger partial charge is 0.385 e. The van der Waals surface area contributed by atoms with Gasteiger partial charge in [-0.05, 0) is 31.6 Å². The molecule has 1 aliphatic carbocycles. The summed E-state index contributed by atoms with van der Waals surface area (Å²) in [4.78, 5) is 14.3. The highest BCUT2D eigenvalue weighted by molar-refractivity contribution is 5.91. The maximum absolute atomic E-state index is 12.3. The smallest absolute Gasteiger partial charge is 0.244 e. The third-order valence-corrected chi connectivity index (χ3v) is 3.81. The van der Waals surface area contributed by atoms with Crippen molar-refractivity contribution in [2.24, 2.45) is 5.92 Å². The van der Waals surface area contributed by atoms with E-state index in [1.54, 1.807) is 7.11 Å². The van der Waals surface area contributed by atoms with Crippen molar-refractivity contribution in [2.45, 2.75) is 51.2 Å². The second-order valence-electron chi connectivity index (χ2n) is 5.61. The molecule has 1 amide bonds. The number of rotatable bonds is 6. The van der Waals surface area contributed by atoms with Gasteiger partial charge in [-0.3, -0.25) is 10.1 Å². The van der Waals surface area contributed by atoms with Gasteiger partial charge in [0, 0.05) is 20.3 Å². The van der Waals surface area contributed by atoms with E-state index in [1.807, 2.05) is 4.90 Å². The standard InChI is InChI=1S/C13H24N2O2/c1-10(2)11-14-13(6-7-13)12(16)15(11)8-4-5-9-17-3/h10-11,14H,4-9H2,1-3H3. The van der Waals surface area contributed by atoms with Crippen LogP contribution in [0.1, 0.15) is 39.5 Å². The summed E-state index contributed by atoms with van der Waals surface area (Å²) in [7, 11) is 1.72. The van der Waals surface area contributed by atoms with Crippen LogP contribution in [0.25, 0.3) is 0 Å². The van der Waals surface area contributed by atoms with Gasteiger partial charge >= 0.3 is 0 Å². The Labute approximate surface area is 104 Å². The lowest BCUT2D eigenvalue weighted by Crippen LogP contribution is -2.42. The molecule has 4 nitrogen and oxygen atoms in total. The Kier molecular flexibility index (Phi) is 3.73. The lowest BCUT2D eigenvalue weighted by Gasteiger charge is -2.27. The van der Waals surface area contributed by atoms with E-state index < -0.39 is 0 Å². The van der Waals surface area contributed by atoms with E-state index in [0.29, 0.717) is 11.8 Å². The Morgan fingerprint density at radius 2 is 2.18 bits per heavy atom. The Bertz CT molecular complexity index is 287. The zero-order valence-electron chi connectivity index (χ0n) is 11.2. The van der Waals surface area contributed by atoms with E-state index in [2.05, 4.69) is 19.2 Å². The van der Waals surface area contributed by atoms with Gasteiger partial charge in [0.2, 0.25) is 5.91 Å². The Morgan fingerprint density at radius 3 is 2.71 bits per heavy atom. The van der Waals surface area contributed by atoms with E-state index in [1.165, 1.54) is 0 Å². The van der Waals surface area contributed by atoms with Gasteiger partial charge in [-0.25, -0.2) is 0 Å². The van der Waals surface area contributed by atoms with Crippen LogP contribution in [0.2, 0.25) is 0 Å².